The third-order valence-corrected chi connectivity index (χ3v) is 5.43. The molecule has 2 rings (SSSR count). The Morgan fingerprint density at radius 1 is 1.14 bits per heavy atom. The van der Waals surface area contributed by atoms with Gasteiger partial charge in [-0.25, -0.2) is 0 Å². The third-order valence-electron chi connectivity index (χ3n) is 5.43. The van der Waals surface area contributed by atoms with Crippen LogP contribution < -0.4 is 10.6 Å². The standard InChI is InChI=1S/C22H37N3O2.HI/c1-3-23-21(24-16-7-8-19-9-11-20(26)12-10-19)25-18-22(13-5-6-14-22)15-17-27-4-2;/h9-12,26H,3-8,13-18H2,1-2H3,(H2,23,24,25);1H. The highest BCUT2D eigenvalue weighted by atomic mass is 127. The number of aromatic hydroxyl groups is 1. The molecule has 1 aliphatic rings. The summed E-state index contributed by atoms with van der Waals surface area (Å²) in [6.07, 6.45) is 8.31. The number of nitrogens with zero attached hydrogens (tertiary/aromatic N) is 1. The van der Waals surface area contributed by atoms with Crippen molar-refractivity contribution in [1.29, 1.82) is 0 Å². The van der Waals surface area contributed by atoms with Gasteiger partial charge in [0.25, 0.3) is 0 Å². The Morgan fingerprint density at radius 2 is 1.86 bits per heavy atom. The van der Waals surface area contributed by atoms with Crippen LogP contribution in [0.3, 0.4) is 0 Å². The van der Waals surface area contributed by atoms with Crippen molar-refractivity contribution >= 4 is 29.9 Å². The van der Waals surface area contributed by atoms with Gasteiger partial charge in [-0.2, -0.15) is 0 Å². The minimum absolute atomic E-state index is 0. The van der Waals surface area contributed by atoms with Crippen molar-refractivity contribution in [3.8, 4) is 5.75 Å². The molecule has 6 heteroatoms. The van der Waals surface area contributed by atoms with Crippen molar-refractivity contribution in [2.75, 3.05) is 32.8 Å². The summed E-state index contributed by atoms with van der Waals surface area (Å²) in [5.41, 5.74) is 1.57. The molecular weight excluding hydrogens is 465 g/mol. The molecular formula is C22H38IN3O2. The first-order valence-electron chi connectivity index (χ1n) is 10.6. The van der Waals surface area contributed by atoms with E-state index in [0.29, 0.717) is 11.2 Å². The van der Waals surface area contributed by atoms with E-state index in [0.717, 1.165) is 58.1 Å². The molecule has 3 N–H and O–H groups in total. The molecule has 0 bridgehead atoms. The monoisotopic (exact) mass is 503 g/mol. The number of hydrogen-bond acceptors (Lipinski definition) is 3. The molecule has 0 atom stereocenters. The van der Waals surface area contributed by atoms with Crippen LogP contribution in [0.15, 0.2) is 29.3 Å². The Morgan fingerprint density at radius 3 is 2.50 bits per heavy atom. The van der Waals surface area contributed by atoms with E-state index in [1.165, 1.54) is 31.2 Å². The van der Waals surface area contributed by atoms with Crippen molar-refractivity contribution in [2.24, 2.45) is 10.4 Å². The van der Waals surface area contributed by atoms with Crippen molar-refractivity contribution < 1.29 is 9.84 Å². The van der Waals surface area contributed by atoms with E-state index in [9.17, 15) is 5.11 Å². The molecule has 1 saturated carbocycles. The lowest BCUT2D eigenvalue weighted by Crippen LogP contribution is -2.39. The average Bonchev–Trinajstić information content (AvgIpc) is 3.14. The van der Waals surface area contributed by atoms with E-state index in [1.807, 2.05) is 12.1 Å². The van der Waals surface area contributed by atoms with Gasteiger partial charge in [-0.15, -0.1) is 24.0 Å². The van der Waals surface area contributed by atoms with Crippen LogP contribution in [-0.2, 0) is 11.2 Å². The first kappa shape index (κ1) is 25.0. The first-order chi connectivity index (χ1) is 13.2. The Bertz CT molecular complexity index is 557. The maximum atomic E-state index is 9.35. The van der Waals surface area contributed by atoms with Crippen LogP contribution in [0.4, 0.5) is 0 Å². The molecule has 0 amide bonds. The lowest BCUT2D eigenvalue weighted by Gasteiger charge is -2.27. The molecule has 0 saturated heterocycles. The maximum Gasteiger partial charge on any atom is 0.191 e. The number of phenolic OH excluding ortho intramolecular Hbond substituents is 1. The molecule has 1 aromatic carbocycles. The van der Waals surface area contributed by atoms with Gasteiger partial charge < -0.3 is 20.5 Å². The van der Waals surface area contributed by atoms with Crippen LogP contribution in [0.2, 0.25) is 0 Å². The van der Waals surface area contributed by atoms with E-state index in [-0.39, 0.29) is 24.0 Å². The second kappa shape index (κ2) is 14.0. The summed E-state index contributed by atoms with van der Waals surface area (Å²) in [4.78, 5) is 4.91. The molecule has 0 aromatic heterocycles. The second-order valence-electron chi connectivity index (χ2n) is 7.55. The molecule has 0 spiro atoms. The highest BCUT2D eigenvalue weighted by Crippen LogP contribution is 2.41. The number of aliphatic imine (C=N–C) groups is 1. The minimum atomic E-state index is 0. The molecule has 160 valence electrons. The summed E-state index contributed by atoms with van der Waals surface area (Å²) < 4.78 is 5.61. The van der Waals surface area contributed by atoms with Crippen LogP contribution in [-0.4, -0.2) is 43.9 Å². The quantitative estimate of drug-likeness (QED) is 0.180. The van der Waals surface area contributed by atoms with E-state index in [4.69, 9.17) is 9.73 Å². The number of nitrogens with one attached hydrogen (secondary N) is 2. The van der Waals surface area contributed by atoms with Gasteiger partial charge in [0.15, 0.2) is 5.96 Å². The Kier molecular flexibility index (Phi) is 12.5. The van der Waals surface area contributed by atoms with E-state index in [2.05, 4.69) is 24.5 Å². The topological polar surface area (TPSA) is 65.9 Å². The molecule has 0 radical (unpaired) electrons. The number of phenols is 1. The zero-order valence-corrected chi connectivity index (χ0v) is 19.8. The van der Waals surface area contributed by atoms with Gasteiger partial charge in [0.2, 0.25) is 0 Å². The fraction of sp³-hybridized carbons (Fsp3) is 0.682. The lowest BCUT2D eigenvalue weighted by atomic mass is 9.83. The summed E-state index contributed by atoms with van der Waals surface area (Å²) in [6, 6.07) is 7.46. The zero-order valence-electron chi connectivity index (χ0n) is 17.5. The van der Waals surface area contributed by atoms with Gasteiger partial charge in [-0.1, -0.05) is 25.0 Å². The van der Waals surface area contributed by atoms with E-state index in [1.54, 1.807) is 12.1 Å². The fourth-order valence-electron chi connectivity index (χ4n) is 3.80. The van der Waals surface area contributed by atoms with Crippen molar-refractivity contribution in [3.05, 3.63) is 29.8 Å². The SMILES string of the molecule is CCNC(=NCC1(CCOCC)CCCC1)NCCCc1ccc(O)cc1.I. The van der Waals surface area contributed by atoms with Crippen LogP contribution in [0, 0.1) is 5.41 Å². The highest BCUT2D eigenvalue weighted by molar-refractivity contribution is 14.0. The van der Waals surface area contributed by atoms with E-state index >= 15 is 0 Å². The zero-order chi connectivity index (χ0) is 19.4. The molecule has 1 fully saturated rings. The van der Waals surface area contributed by atoms with Crippen LogP contribution in [0.25, 0.3) is 0 Å². The number of benzene rings is 1. The number of hydrogen-bond donors (Lipinski definition) is 3. The normalized spacial score (nSPS) is 15.9. The Hall–Kier alpha value is -1.02. The first-order valence-corrected chi connectivity index (χ1v) is 10.6. The molecule has 5 nitrogen and oxygen atoms in total. The van der Waals surface area contributed by atoms with E-state index < -0.39 is 0 Å². The van der Waals surface area contributed by atoms with Gasteiger partial charge in [-0.3, -0.25) is 4.99 Å². The summed E-state index contributed by atoms with van der Waals surface area (Å²) in [7, 11) is 0. The molecule has 1 aliphatic carbocycles. The minimum Gasteiger partial charge on any atom is -0.508 e. The lowest BCUT2D eigenvalue weighted by molar-refractivity contribution is 0.107. The number of aryl methyl sites for hydroxylation is 1. The predicted molar refractivity (Wildman–Crippen MR) is 128 cm³/mol. The maximum absolute atomic E-state index is 9.35. The number of rotatable bonds is 11. The number of guanidine groups is 1. The summed E-state index contributed by atoms with van der Waals surface area (Å²) in [5, 5.41) is 16.2. The number of ether oxygens (including phenoxy) is 1. The van der Waals surface area contributed by atoms with Crippen molar-refractivity contribution in [1.82, 2.24) is 10.6 Å². The molecule has 28 heavy (non-hydrogen) atoms. The average molecular weight is 503 g/mol. The second-order valence-corrected chi connectivity index (χ2v) is 7.55. The fourth-order valence-corrected chi connectivity index (χ4v) is 3.80. The predicted octanol–water partition coefficient (Wildman–Crippen LogP) is 4.48. The van der Waals surface area contributed by atoms with Crippen molar-refractivity contribution in [2.45, 2.75) is 58.8 Å². The third kappa shape index (κ3) is 8.99. The van der Waals surface area contributed by atoms with Gasteiger partial charge in [0.05, 0.1) is 0 Å². The van der Waals surface area contributed by atoms with Gasteiger partial charge in [-0.05, 0) is 69.1 Å². The highest BCUT2D eigenvalue weighted by Gasteiger charge is 2.33. The van der Waals surface area contributed by atoms with Gasteiger partial charge >= 0.3 is 0 Å². The summed E-state index contributed by atoms with van der Waals surface area (Å²) in [5.74, 6) is 1.24. The Labute approximate surface area is 187 Å². The molecule has 1 aromatic rings. The molecule has 0 aliphatic heterocycles. The Balaban J connectivity index is 0.00000392. The van der Waals surface area contributed by atoms with Crippen LogP contribution in [0.5, 0.6) is 5.75 Å². The van der Waals surface area contributed by atoms with Crippen molar-refractivity contribution in [3.63, 3.8) is 0 Å². The smallest absolute Gasteiger partial charge is 0.191 e. The molecule has 0 heterocycles. The van der Waals surface area contributed by atoms with Crippen LogP contribution >= 0.6 is 24.0 Å². The molecule has 0 unspecified atom stereocenters. The van der Waals surface area contributed by atoms with Crippen LogP contribution in [0.1, 0.15) is 57.9 Å². The number of halogens is 1. The largest absolute Gasteiger partial charge is 0.508 e. The van der Waals surface area contributed by atoms with Gasteiger partial charge in [0, 0.05) is 32.8 Å². The summed E-state index contributed by atoms with van der Waals surface area (Å²) in [6.45, 7) is 8.45. The summed E-state index contributed by atoms with van der Waals surface area (Å²) >= 11 is 0. The van der Waals surface area contributed by atoms with Gasteiger partial charge in [0.1, 0.15) is 5.75 Å².